The van der Waals surface area contributed by atoms with Crippen molar-refractivity contribution in [3.63, 3.8) is 0 Å². The van der Waals surface area contributed by atoms with Gasteiger partial charge in [0.25, 0.3) is 0 Å². The number of benzene rings is 3. The number of thioether (sulfide) groups is 1. The van der Waals surface area contributed by atoms with Crippen molar-refractivity contribution in [1.82, 2.24) is 4.98 Å². The van der Waals surface area contributed by atoms with Gasteiger partial charge >= 0.3 is 4.87 Å². The Labute approximate surface area is 260 Å². The molecule has 8 rings (SSSR count). The highest BCUT2D eigenvalue weighted by Gasteiger charge is 2.69. The van der Waals surface area contributed by atoms with Crippen LogP contribution in [0.25, 0.3) is 0 Å². The van der Waals surface area contributed by atoms with Gasteiger partial charge in [-0.15, -0.1) is 11.8 Å². The minimum atomic E-state index is -0.459. The number of nitrogens with one attached hydrogen (secondary N) is 1. The predicted molar refractivity (Wildman–Crippen MR) is 164 cm³/mol. The summed E-state index contributed by atoms with van der Waals surface area (Å²) in [5.41, 5.74) is 3.51. The van der Waals surface area contributed by atoms with Crippen molar-refractivity contribution in [3.05, 3.63) is 109 Å². The number of imide groups is 1. The van der Waals surface area contributed by atoms with Gasteiger partial charge in [0, 0.05) is 26.6 Å². The molecular formula is C33H26ClFN2O4S2. The van der Waals surface area contributed by atoms with Crippen molar-refractivity contribution < 1.29 is 18.7 Å². The van der Waals surface area contributed by atoms with Crippen molar-refractivity contribution in [2.24, 2.45) is 29.6 Å². The normalized spacial score (nSPS) is 28.6. The number of thiazole rings is 1. The number of hydrogen-bond acceptors (Lipinski definition) is 6. The molecule has 2 bridgehead atoms. The molecule has 0 spiro atoms. The fraction of sp³-hybridized carbons (Fsp3) is 0.303. The van der Waals surface area contributed by atoms with Crippen LogP contribution in [0.4, 0.5) is 10.1 Å². The number of hydrogen-bond donors (Lipinski definition) is 1. The predicted octanol–water partition coefficient (Wildman–Crippen LogP) is 6.79. The number of aromatic nitrogens is 1. The lowest BCUT2D eigenvalue weighted by Crippen LogP contribution is -2.42. The van der Waals surface area contributed by atoms with Gasteiger partial charge in [-0.1, -0.05) is 47.2 Å². The monoisotopic (exact) mass is 632 g/mol. The molecule has 3 fully saturated rings. The van der Waals surface area contributed by atoms with Gasteiger partial charge in [0.15, 0.2) is 0 Å². The summed E-state index contributed by atoms with van der Waals surface area (Å²) in [4.78, 5) is 45.6. The lowest BCUT2D eigenvalue weighted by Gasteiger charge is -2.43. The third-order valence-corrected chi connectivity index (χ3v) is 12.6. The molecule has 218 valence electrons. The summed E-state index contributed by atoms with van der Waals surface area (Å²) >= 11 is 9.43. The molecule has 4 aromatic rings. The van der Waals surface area contributed by atoms with E-state index in [1.54, 1.807) is 11.8 Å². The van der Waals surface area contributed by atoms with Crippen LogP contribution in [0.5, 0.6) is 5.75 Å². The van der Waals surface area contributed by atoms with E-state index in [0.717, 1.165) is 33.0 Å². The Morgan fingerprint density at radius 2 is 1.74 bits per heavy atom. The molecular weight excluding hydrogens is 607 g/mol. The van der Waals surface area contributed by atoms with Gasteiger partial charge in [0.2, 0.25) is 11.8 Å². The lowest BCUT2D eigenvalue weighted by molar-refractivity contribution is -0.123. The van der Waals surface area contributed by atoms with Crippen LogP contribution in [0.1, 0.15) is 33.9 Å². The van der Waals surface area contributed by atoms with Crippen molar-refractivity contribution in [2.75, 3.05) is 4.90 Å². The number of anilines is 1. The summed E-state index contributed by atoms with van der Waals surface area (Å²) in [5, 5.41) is 1.41. The second kappa shape index (κ2) is 10.1. The van der Waals surface area contributed by atoms with Crippen LogP contribution in [-0.4, -0.2) is 22.0 Å². The molecule has 3 heterocycles. The molecule has 2 aliphatic heterocycles. The third-order valence-electron chi connectivity index (χ3n) is 9.76. The van der Waals surface area contributed by atoms with Crippen molar-refractivity contribution >= 4 is 52.2 Å². The molecule has 10 heteroatoms. The fourth-order valence-corrected chi connectivity index (χ4v) is 11.1. The van der Waals surface area contributed by atoms with E-state index in [9.17, 15) is 18.8 Å². The Kier molecular flexibility index (Phi) is 6.37. The van der Waals surface area contributed by atoms with E-state index in [2.05, 4.69) is 18.0 Å². The Bertz CT molecular complexity index is 1860. The van der Waals surface area contributed by atoms with Gasteiger partial charge in [-0.3, -0.25) is 19.3 Å². The number of halogens is 2. The molecule has 6 nitrogen and oxygen atoms in total. The van der Waals surface area contributed by atoms with E-state index < -0.39 is 17.7 Å². The van der Waals surface area contributed by atoms with E-state index in [1.807, 2.05) is 36.4 Å². The average Bonchev–Trinajstić information content (AvgIpc) is 3.72. The number of nitrogens with zero attached hydrogens (tertiary/aromatic N) is 1. The molecule has 0 radical (unpaired) electrons. The van der Waals surface area contributed by atoms with Gasteiger partial charge in [0.05, 0.1) is 22.5 Å². The van der Waals surface area contributed by atoms with E-state index in [0.29, 0.717) is 23.1 Å². The number of carbonyl (C=O) groups is 2. The van der Waals surface area contributed by atoms with Gasteiger partial charge in [-0.05, 0) is 84.7 Å². The smallest absolute Gasteiger partial charge is 0.305 e. The Morgan fingerprint density at radius 1 is 1.00 bits per heavy atom. The number of fused-ring (bicyclic) bond motifs is 9. The van der Waals surface area contributed by atoms with Crippen LogP contribution < -0.4 is 14.5 Å². The summed E-state index contributed by atoms with van der Waals surface area (Å²) in [6.45, 7) is 2.43. The molecule has 2 aliphatic carbocycles. The summed E-state index contributed by atoms with van der Waals surface area (Å²) in [5.74, 6) is -1.36. The second-order valence-corrected chi connectivity index (χ2v) is 14.5. The first-order valence-electron chi connectivity index (χ1n) is 14.3. The zero-order valence-electron chi connectivity index (χ0n) is 23.0. The summed E-state index contributed by atoms with van der Waals surface area (Å²) in [6.07, 6.45) is 0.766. The zero-order chi connectivity index (χ0) is 29.6. The molecule has 2 amide bonds. The number of carbonyl (C=O) groups excluding carboxylic acids is 2. The molecule has 5 unspecified atom stereocenters. The second-order valence-electron chi connectivity index (χ2n) is 11.8. The first-order chi connectivity index (χ1) is 20.8. The zero-order valence-corrected chi connectivity index (χ0v) is 25.3. The lowest BCUT2D eigenvalue weighted by atomic mass is 9.68. The number of aromatic amines is 1. The molecule has 1 N–H and O–H groups in total. The molecule has 3 aromatic carbocycles. The number of rotatable bonds is 5. The van der Waals surface area contributed by atoms with E-state index in [1.165, 1.54) is 40.5 Å². The van der Waals surface area contributed by atoms with Crippen LogP contribution in [0.2, 0.25) is 5.02 Å². The molecule has 1 saturated heterocycles. The van der Waals surface area contributed by atoms with Crippen molar-refractivity contribution in [3.8, 4) is 5.75 Å². The number of ether oxygens (including phenoxy) is 1. The average molecular weight is 633 g/mol. The van der Waals surface area contributed by atoms with Crippen LogP contribution in [-0.2, 0) is 16.2 Å². The van der Waals surface area contributed by atoms with E-state index in [4.69, 9.17) is 16.3 Å². The first kappa shape index (κ1) is 27.2. The van der Waals surface area contributed by atoms with E-state index >= 15 is 0 Å². The first-order valence-corrected chi connectivity index (χ1v) is 16.4. The maximum Gasteiger partial charge on any atom is 0.305 e. The minimum Gasteiger partial charge on any atom is -0.489 e. The molecule has 7 atom stereocenters. The Morgan fingerprint density at radius 3 is 2.51 bits per heavy atom. The highest BCUT2D eigenvalue weighted by molar-refractivity contribution is 8.00. The number of H-pyrrole nitrogens is 1. The van der Waals surface area contributed by atoms with Gasteiger partial charge < -0.3 is 9.72 Å². The third kappa shape index (κ3) is 4.15. The molecule has 43 heavy (non-hydrogen) atoms. The quantitative estimate of drug-likeness (QED) is 0.245. The summed E-state index contributed by atoms with van der Waals surface area (Å²) in [6, 6.07) is 19.2. The fourth-order valence-electron chi connectivity index (χ4n) is 8.03. The largest absolute Gasteiger partial charge is 0.489 e. The highest BCUT2D eigenvalue weighted by atomic mass is 35.5. The molecule has 1 aromatic heterocycles. The Balaban J connectivity index is 1.20. The SMILES string of the molecule is Cc1ccccc1COc1ccc(Cl)cc1C1c2sc(=O)[nH]c2SC2C1[C@H]1C[C@@H]2C2C(=O)N(c3ccc(F)cc3)C(=O)C21. The molecule has 4 aliphatic rings. The van der Waals surface area contributed by atoms with Gasteiger partial charge in [-0.25, -0.2) is 4.39 Å². The van der Waals surface area contributed by atoms with Crippen molar-refractivity contribution in [1.29, 1.82) is 0 Å². The van der Waals surface area contributed by atoms with Gasteiger partial charge in [0.1, 0.15) is 18.2 Å². The molecule has 2 saturated carbocycles. The van der Waals surface area contributed by atoms with E-state index in [-0.39, 0.29) is 45.6 Å². The minimum absolute atomic E-state index is 0.000559. The standard InChI is InChI=1S/C33H26ClFN2O4S2/c1-15-4-2-3-5-16(15)14-41-23-11-6-17(34)12-20(23)24-25-21-13-22(28(25)42-30-29(24)43-33(40)36-30)27-26(21)31(38)37(32(27)39)19-9-7-18(35)8-10-19/h2-12,21-22,24-28H,13-14H2,1H3,(H,36,40)/t21-,22-,24?,25?,26?,27?,28?/m1/s1. The maximum atomic E-state index is 14.0. The van der Waals surface area contributed by atoms with Crippen LogP contribution in [0.3, 0.4) is 0 Å². The van der Waals surface area contributed by atoms with Crippen LogP contribution in [0.15, 0.2) is 76.6 Å². The van der Waals surface area contributed by atoms with Crippen molar-refractivity contribution in [2.45, 2.75) is 36.1 Å². The van der Waals surface area contributed by atoms with Gasteiger partial charge in [-0.2, -0.15) is 0 Å². The summed E-state index contributed by atoms with van der Waals surface area (Å²) in [7, 11) is 0. The topological polar surface area (TPSA) is 79.5 Å². The highest BCUT2D eigenvalue weighted by Crippen LogP contribution is 2.69. The number of amides is 2. The maximum absolute atomic E-state index is 14.0. The van der Waals surface area contributed by atoms with Crippen LogP contribution in [0, 0.1) is 42.3 Å². The van der Waals surface area contributed by atoms with Crippen LogP contribution >= 0.6 is 34.7 Å². The summed E-state index contributed by atoms with van der Waals surface area (Å²) < 4.78 is 20.1. The number of aryl methyl sites for hydroxylation is 1. The Hall–Kier alpha value is -3.40.